The molecule has 0 aliphatic carbocycles. The monoisotopic (exact) mass is 212 g/mol. The van der Waals surface area contributed by atoms with Gasteiger partial charge < -0.3 is 0 Å². The number of benzene rings is 1. The number of Topliss-reactive ketones (excluding diaryl/α,β-unsaturated/α-hetero) is 1. The summed E-state index contributed by atoms with van der Waals surface area (Å²) in [6.45, 7) is 0. The van der Waals surface area contributed by atoms with Crippen LogP contribution >= 0.6 is 23.4 Å². The van der Waals surface area contributed by atoms with E-state index in [0.717, 1.165) is 4.90 Å². The number of rotatable bonds is 1. The molecule has 2 rings (SSSR count). The molecular weight excluding hydrogens is 208 g/mol. The molecule has 0 N–H and O–H groups in total. The summed E-state index contributed by atoms with van der Waals surface area (Å²) >= 11 is 6.75. The minimum absolute atomic E-state index is 0.0692. The van der Waals surface area contributed by atoms with E-state index in [1.165, 1.54) is 11.8 Å². The third kappa shape index (κ3) is 1.38. The molecule has 0 bridgehead atoms. The maximum Gasteiger partial charge on any atom is 0.253 e. The van der Waals surface area contributed by atoms with Crippen molar-refractivity contribution in [3.8, 4) is 0 Å². The van der Waals surface area contributed by atoms with Crippen LogP contribution in [0.2, 0.25) is 0 Å². The van der Waals surface area contributed by atoms with Crippen LogP contribution in [0.15, 0.2) is 23.1 Å². The van der Waals surface area contributed by atoms with E-state index >= 15 is 0 Å². The largest absolute Gasteiger partial charge is 0.293 e. The Hall–Kier alpha value is -0.800. The first-order valence-corrected chi connectivity index (χ1v) is 5.05. The molecule has 0 spiro atoms. The van der Waals surface area contributed by atoms with E-state index in [-0.39, 0.29) is 5.78 Å². The Morgan fingerprint density at radius 2 is 2.23 bits per heavy atom. The molecule has 2 nitrogen and oxygen atoms in total. The first-order chi connectivity index (χ1) is 6.20. The van der Waals surface area contributed by atoms with E-state index in [9.17, 15) is 9.59 Å². The van der Waals surface area contributed by atoms with Gasteiger partial charge in [0.25, 0.3) is 5.24 Å². The van der Waals surface area contributed by atoms with Crippen molar-refractivity contribution in [1.29, 1.82) is 0 Å². The van der Waals surface area contributed by atoms with Gasteiger partial charge in [-0.3, -0.25) is 9.59 Å². The summed E-state index contributed by atoms with van der Waals surface area (Å²) in [7, 11) is 0. The molecule has 0 aromatic heterocycles. The maximum absolute atomic E-state index is 11.3. The zero-order chi connectivity index (χ0) is 9.42. The van der Waals surface area contributed by atoms with Crippen molar-refractivity contribution in [3.05, 3.63) is 29.3 Å². The van der Waals surface area contributed by atoms with Gasteiger partial charge in [-0.1, -0.05) is 12.1 Å². The van der Waals surface area contributed by atoms with E-state index in [4.69, 9.17) is 11.6 Å². The summed E-state index contributed by atoms with van der Waals surface area (Å²) in [5.74, 6) is 0.482. The molecule has 0 unspecified atom stereocenters. The smallest absolute Gasteiger partial charge is 0.253 e. The quantitative estimate of drug-likeness (QED) is 0.671. The van der Waals surface area contributed by atoms with Crippen molar-refractivity contribution in [2.45, 2.75) is 4.90 Å². The number of halogens is 1. The molecule has 4 heteroatoms. The minimum atomic E-state index is -0.501. The van der Waals surface area contributed by atoms with E-state index in [0.29, 0.717) is 16.9 Å². The van der Waals surface area contributed by atoms with E-state index in [1.54, 1.807) is 18.2 Å². The van der Waals surface area contributed by atoms with Gasteiger partial charge in [-0.15, -0.1) is 11.8 Å². The Morgan fingerprint density at radius 1 is 1.46 bits per heavy atom. The predicted molar refractivity (Wildman–Crippen MR) is 51.7 cm³/mol. The molecule has 13 heavy (non-hydrogen) atoms. The summed E-state index contributed by atoms with van der Waals surface area (Å²) in [5.41, 5.74) is 1.06. The number of carbonyl (C=O) groups is 2. The number of hydrogen-bond donors (Lipinski definition) is 0. The third-order valence-electron chi connectivity index (χ3n) is 1.87. The highest BCUT2D eigenvalue weighted by atomic mass is 35.5. The Kier molecular flexibility index (Phi) is 2.14. The zero-order valence-electron chi connectivity index (χ0n) is 6.54. The van der Waals surface area contributed by atoms with Crippen molar-refractivity contribution >= 4 is 34.4 Å². The van der Waals surface area contributed by atoms with Crippen LogP contribution < -0.4 is 0 Å². The SMILES string of the molecule is O=C(Cl)c1cccc2c1SCC2=O. The highest BCUT2D eigenvalue weighted by Gasteiger charge is 2.24. The highest BCUT2D eigenvalue weighted by molar-refractivity contribution is 8.00. The molecular formula is C9H5ClO2S. The summed E-state index contributed by atoms with van der Waals surface area (Å²) in [4.78, 5) is 22.9. The fraction of sp³-hybridized carbons (Fsp3) is 0.111. The minimum Gasteiger partial charge on any atom is -0.293 e. The Bertz CT molecular complexity index is 401. The summed E-state index contributed by atoms with van der Waals surface area (Å²) < 4.78 is 0. The first kappa shape index (κ1) is 8.78. The van der Waals surface area contributed by atoms with Gasteiger partial charge in [0.1, 0.15) is 0 Å². The van der Waals surface area contributed by atoms with Crippen molar-refractivity contribution in [3.63, 3.8) is 0 Å². The van der Waals surface area contributed by atoms with E-state index in [1.807, 2.05) is 0 Å². The molecule has 0 radical (unpaired) electrons. The first-order valence-electron chi connectivity index (χ1n) is 3.69. The molecule has 1 aromatic carbocycles. The molecule has 66 valence electrons. The fourth-order valence-electron chi connectivity index (χ4n) is 1.28. The van der Waals surface area contributed by atoms with Crippen LogP contribution in [0.4, 0.5) is 0 Å². The van der Waals surface area contributed by atoms with Crippen LogP contribution in [0.25, 0.3) is 0 Å². The summed E-state index contributed by atoms with van der Waals surface area (Å²) in [5, 5.41) is -0.501. The average molecular weight is 213 g/mol. The molecule has 0 amide bonds. The van der Waals surface area contributed by atoms with Gasteiger partial charge in [0.05, 0.1) is 5.75 Å². The Labute approximate surface area is 84.3 Å². The normalized spacial score (nSPS) is 14.4. The summed E-state index contributed by atoms with van der Waals surface area (Å²) in [6.07, 6.45) is 0. The third-order valence-corrected chi connectivity index (χ3v) is 3.21. The number of fused-ring (bicyclic) bond motifs is 1. The standard InChI is InChI=1S/C9H5ClO2S/c10-9(12)6-3-1-2-5-7(11)4-13-8(5)6/h1-3H,4H2. The number of carbonyl (C=O) groups excluding carboxylic acids is 2. The second-order valence-electron chi connectivity index (χ2n) is 2.67. The Balaban J connectivity index is 2.63. The van der Waals surface area contributed by atoms with Crippen molar-refractivity contribution in [2.75, 3.05) is 5.75 Å². The predicted octanol–water partition coefficient (Wildman–Crippen LogP) is 2.35. The second-order valence-corrected chi connectivity index (χ2v) is 4.00. The van der Waals surface area contributed by atoms with Crippen molar-refractivity contribution in [2.24, 2.45) is 0 Å². The number of ketones is 1. The highest BCUT2D eigenvalue weighted by Crippen LogP contribution is 2.34. The van der Waals surface area contributed by atoms with Crippen LogP contribution in [0.3, 0.4) is 0 Å². The van der Waals surface area contributed by atoms with Gasteiger partial charge >= 0.3 is 0 Å². The molecule has 0 saturated heterocycles. The van der Waals surface area contributed by atoms with Crippen molar-refractivity contribution < 1.29 is 9.59 Å². The molecule has 0 saturated carbocycles. The zero-order valence-corrected chi connectivity index (χ0v) is 8.11. The fourth-order valence-corrected chi connectivity index (χ4v) is 2.58. The second kappa shape index (κ2) is 3.16. The van der Waals surface area contributed by atoms with Gasteiger partial charge in [0.2, 0.25) is 0 Å². The van der Waals surface area contributed by atoms with Crippen LogP contribution in [-0.4, -0.2) is 16.8 Å². The van der Waals surface area contributed by atoms with Gasteiger partial charge in [-0.2, -0.15) is 0 Å². The molecule has 0 fully saturated rings. The van der Waals surface area contributed by atoms with Crippen LogP contribution in [0, 0.1) is 0 Å². The van der Waals surface area contributed by atoms with Gasteiger partial charge in [0, 0.05) is 16.0 Å². The van der Waals surface area contributed by atoms with Gasteiger partial charge in [-0.25, -0.2) is 0 Å². The lowest BCUT2D eigenvalue weighted by Crippen LogP contribution is -1.97. The lowest BCUT2D eigenvalue weighted by molar-refractivity contribution is 0.102. The molecule has 1 heterocycles. The lowest BCUT2D eigenvalue weighted by atomic mass is 10.1. The molecule has 1 aliphatic heterocycles. The topological polar surface area (TPSA) is 34.1 Å². The van der Waals surface area contributed by atoms with Crippen LogP contribution in [0.5, 0.6) is 0 Å². The summed E-state index contributed by atoms with van der Waals surface area (Å²) in [6, 6.07) is 5.04. The van der Waals surface area contributed by atoms with E-state index < -0.39 is 5.24 Å². The van der Waals surface area contributed by atoms with Gasteiger partial charge in [0.15, 0.2) is 5.78 Å². The molecule has 1 aliphatic rings. The van der Waals surface area contributed by atoms with Crippen LogP contribution in [-0.2, 0) is 0 Å². The number of thioether (sulfide) groups is 1. The van der Waals surface area contributed by atoms with Crippen molar-refractivity contribution in [1.82, 2.24) is 0 Å². The molecule has 1 aromatic rings. The van der Waals surface area contributed by atoms with Crippen LogP contribution in [0.1, 0.15) is 20.7 Å². The molecule has 0 atom stereocenters. The maximum atomic E-state index is 11.3. The number of hydrogen-bond acceptors (Lipinski definition) is 3. The Morgan fingerprint density at radius 3 is 2.92 bits per heavy atom. The van der Waals surface area contributed by atoms with E-state index in [2.05, 4.69) is 0 Å². The average Bonchev–Trinajstić information content (AvgIpc) is 2.48. The lowest BCUT2D eigenvalue weighted by Gasteiger charge is -2.00. The van der Waals surface area contributed by atoms with Gasteiger partial charge in [-0.05, 0) is 17.7 Å².